The first-order chi connectivity index (χ1) is 8.17. The molecular weight excluding hydrogens is 274 g/mol. The molecule has 0 saturated carbocycles. The highest BCUT2D eigenvalue weighted by molar-refractivity contribution is 9.10. The first-order valence-electron chi connectivity index (χ1n) is 6.64. The number of hydrogen-bond acceptors (Lipinski definition) is 1. The minimum atomic E-state index is 0.593. The van der Waals surface area contributed by atoms with E-state index in [1.54, 1.807) is 0 Å². The van der Waals surface area contributed by atoms with E-state index in [2.05, 4.69) is 58.9 Å². The van der Waals surface area contributed by atoms with Gasteiger partial charge in [-0.05, 0) is 48.9 Å². The predicted molar refractivity (Wildman–Crippen MR) is 77.1 cm³/mol. The van der Waals surface area contributed by atoms with Crippen LogP contribution in [0.25, 0.3) is 0 Å². The Morgan fingerprint density at radius 1 is 1.18 bits per heavy atom. The number of rotatable bonds is 4. The molecule has 0 aliphatic carbocycles. The molecule has 0 spiro atoms. The van der Waals surface area contributed by atoms with Gasteiger partial charge in [0.25, 0.3) is 0 Å². The second kappa shape index (κ2) is 5.53. The van der Waals surface area contributed by atoms with Crippen LogP contribution in [0, 0.1) is 5.41 Å². The maximum atomic E-state index is 3.49. The Morgan fingerprint density at radius 3 is 2.35 bits per heavy atom. The molecule has 1 aliphatic rings. The lowest BCUT2D eigenvalue weighted by atomic mass is 9.82. The molecule has 0 N–H and O–H groups in total. The van der Waals surface area contributed by atoms with Crippen LogP contribution in [0.1, 0.15) is 38.7 Å². The van der Waals surface area contributed by atoms with E-state index in [0.717, 1.165) is 6.54 Å². The quantitative estimate of drug-likeness (QED) is 0.793. The van der Waals surface area contributed by atoms with E-state index in [0.29, 0.717) is 5.41 Å². The lowest BCUT2D eigenvalue weighted by Crippen LogP contribution is -2.26. The second-order valence-electron chi connectivity index (χ2n) is 5.29. The zero-order valence-electron chi connectivity index (χ0n) is 10.9. The summed E-state index contributed by atoms with van der Waals surface area (Å²) in [5, 5.41) is 0. The molecule has 1 nitrogen and oxygen atoms in total. The molecular formula is C15H22BrN. The SMILES string of the molecule is CCC1(CC)CCN(Cc2ccc(Br)cc2)C1. The third kappa shape index (κ3) is 3.11. The molecule has 0 radical (unpaired) electrons. The smallest absolute Gasteiger partial charge is 0.0233 e. The lowest BCUT2D eigenvalue weighted by Gasteiger charge is -2.26. The van der Waals surface area contributed by atoms with Crippen molar-refractivity contribution in [1.82, 2.24) is 4.90 Å². The van der Waals surface area contributed by atoms with Gasteiger partial charge in [-0.2, -0.15) is 0 Å². The largest absolute Gasteiger partial charge is 0.299 e. The molecule has 0 amide bonds. The summed E-state index contributed by atoms with van der Waals surface area (Å²) in [6.45, 7) is 8.32. The van der Waals surface area contributed by atoms with E-state index >= 15 is 0 Å². The normalized spacial score (nSPS) is 19.7. The molecule has 0 unspecified atom stereocenters. The minimum Gasteiger partial charge on any atom is -0.299 e. The summed E-state index contributed by atoms with van der Waals surface area (Å²) in [6.07, 6.45) is 4.01. The van der Waals surface area contributed by atoms with Crippen LogP contribution in [0.2, 0.25) is 0 Å². The summed E-state index contributed by atoms with van der Waals surface area (Å²) in [7, 11) is 0. The fraction of sp³-hybridized carbons (Fsp3) is 0.600. The molecule has 94 valence electrons. The summed E-state index contributed by atoms with van der Waals surface area (Å²) in [4.78, 5) is 2.61. The molecule has 1 fully saturated rings. The van der Waals surface area contributed by atoms with E-state index in [4.69, 9.17) is 0 Å². The van der Waals surface area contributed by atoms with Crippen molar-refractivity contribution in [2.75, 3.05) is 13.1 Å². The van der Waals surface area contributed by atoms with Crippen LogP contribution in [0.3, 0.4) is 0 Å². The summed E-state index contributed by atoms with van der Waals surface area (Å²) in [6, 6.07) is 8.72. The fourth-order valence-corrected chi connectivity index (χ4v) is 3.10. The molecule has 0 atom stereocenters. The number of likely N-dealkylation sites (tertiary alicyclic amines) is 1. The third-order valence-electron chi connectivity index (χ3n) is 4.34. The van der Waals surface area contributed by atoms with Crippen molar-refractivity contribution >= 4 is 15.9 Å². The molecule has 2 rings (SSSR count). The molecule has 1 aromatic rings. The number of hydrogen-bond donors (Lipinski definition) is 0. The van der Waals surface area contributed by atoms with Crippen LogP contribution >= 0.6 is 15.9 Å². The van der Waals surface area contributed by atoms with Gasteiger partial charge in [-0.15, -0.1) is 0 Å². The first kappa shape index (κ1) is 13.1. The van der Waals surface area contributed by atoms with Crippen LogP contribution < -0.4 is 0 Å². The summed E-state index contributed by atoms with van der Waals surface area (Å²) in [5.41, 5.74) is 2.02. The van der Waals surface area contributed by atoms with Gasteiger partial charge in [-0.1, -0.05) is 41.9 Å². The molecule has 0 bridgehead atoms. The highest BCUT2D eigenvalue weighted by Crippen LogP contribution is 2.37. The van der Waals surface area contributed by atoms with Gasteiger partial charge in [-0.3, -0.25) is 4.90 Å². The van der Waals surface area contributed by atoms with Gasteiger partial charge in [0.15, 0.2) is 0 Å². The van der Waals surface area contributed by atoms with Gasteiger partial charge >= 0.3 is 0 Å². The van der Waals surface area contributed by atoms with E-state index in [1.807, 2.05) is 0 Å². The zero-order chi connectivity index (χ0) is 12.3. The Balaban J connectivity index is 1.95. The monoisotopic (exact) mass is 295 g/mol. The topological polar surface area (TPSA) is 3.24 Å². The van der Waals surface area contributed by atoms with E-state index in [-0.39, 0.29) is 0 Å². The summed E-state index contributed by atoms with van der Waals surface area (Å²) >= 11 is 3.49. The van der Waals surface area contributed by atoms with Crippen molar-refractivity contribution in [3.63, 3.8) is 0 Å². The van der Waals surface area contributed by atoms with Gasteiger partial charge in [0.2, 0.25) is 0 Å². The molecule has 17 heavy (non-hydrogen) atoms. The van der Waals surface area contributed by atoms with E-state index < -0.39 is 0 Å². The van der Waals surface area contributed by atoms with Crippen LogP contribution in [0.15, 0.2) is 28.7 Å². The fourth-order valence-electron chi connectivity index (χ4n) is 2.84. The van der Waals surface area contributed by atoms with Crippen LogP contribution in [-0.4, -0.2) is 18.0 Å². The van der Waals surface area contributed by atoms with Crippen molar-refractivity contribution in [2.45, 2.75) is 39.7 Å². The zero-order valence-corrected chi connectivity index (χ0v) is 12.5. The minimum absolute atomic E-state index is 0.593. The average molecular weight is 296 g/mol. The molecule has 1 saturated heterocycles. The molecule has 2 heteroatoms. The van der Waals surface area contributed by atoms with Gasteiger partial charge < -0.3 is 0 Å². The van der Waals surface area contributed by atoms with Crippen molar-refractivity contribution in [1.29, 1.82) is 0 Å². The van der Waals surface area contributed by atoms with Crippen LogP contribution in [0.5, 0.6) is 0 Å². The average Bonchev–Trinajstić information content (AvgIpc) is 2.76. The Morgan fingerprint density at radius 2 is 1.82 bits per heavy atom. The number of benzene rings is 1. The number of nitrogens with zero attached hydrogens (tertiary/aromatic N) is 1. The Hall–Kier alpha value is -0.340. The van der Waals surface area contributed by atoms with E-state index in [1.165, 1.54) is 42.4 Å². The Bertz CT molecular complexity index is 354. The molecule has 1 heterocycles. The van der Waals surface area contributed by atoms with Gasteiger partial charge in [-0.25, -0.2) is 0 Å². The molecule has 1 aromatic carbocycles. The van der Waals surface area contributed by atoms with Crippen molar-refractivity contribution in [3.8, 4) is 0 Å². The van der Waals surface area contributed by atoms with Gasteiger partial charge in [0, 0.05) is 17.6 Å². The van der Waals surface area contributed by atoms with Gasteiger partial charge in [0.1, 0.15) is 0 Å². The van der Waals surface area contributed by atoms with Crippen molar-refractivity contribution < 1.29 is 0 Å². The van der Waals surface area contributed by atoms with E-state index in [9.17, 15) is 0 Å². The highest BCUT2D eigenvalue weighted by Gasteiger charge is 2.34. The van der Waals surface area contributed by atoms with Crippen molar-refractivity contribution in [3.05, 3.63) is 34.3 Å². The summed E-state index contributed by atoms with van der Waals surface area (Å²) < 4.78 is 1.17. The number of halogens is 1. The summed E-state index contributed by atoms with van der Waals surface area (Å²) in [5.74, 6) is 0. The second-order valence-corrected chi connectivity index (χ2v) is 6.21. The van der Waals surface area contributed by atoms with Crippen molar-refractivity contribution in [2.24, 2.45) is 5.41 Å². The Kier molecular flexibility index (Phi) is 4.26. The van der Waals surface area contributed by atoms with Gasteiger partial charge in [0.05, 0.1) is 0 Å². The molecule has 1 aliphatic heterocycles. The predicted octanol–water partition coefficient (Wildman–Crippen LogP) is 4.46. The van der Waals surface area contributed by atoms with Crippen LogP contribution in [-0.2, 0) is 6.54 Å². The lowest BCUT2D eigenvalue weighted by molar-refractivity contribution is 0.236. The first-order valence-corrected chi connectivity index (χ1v) is 7.43. The standard InChI is InChI=1S/C15H22BrN/c1-3-15(4-2)9-10-17(12-15)11-13-5-7-14(16)8-6-13/h5-8H,3-4,9-12H2,1-2H3. The Labute approximate surface area is 113 Å². The molecule has 0 aromatic heterocycles. The van der Waals surface area contributed by atoms with Crippen LogP contribution in [0.4, 0.5) is 0 Å². The highest BCUT2D eigenvalue weighted by atomic mass is 79.9. The maximum Gasteiger partial charge on any atom is 0.0233 e. The third-order valence-corrected chi connectivity index (χ3v) is 4.87. The maximum absolute atomic E-state index is 3.49.